The average Bonchev–Trinajstić information content (AvgIpc) is 2.96. The maximum atomic E-state index is 5.95. The molecule has 0 saturated carbocycles. The van der Waals surface area contributed by atoms with E-state index in [1.54, 1.807) is 11.3 Å². The van der Waals surface area contributed by atoms with Crippen molar-refractivity contribution >= 4 is 33.2 Å². The summed E-state index contributed by atoms with van der Waals surface area (Å²) in [5.74, 6) is 0. The summed E-state index contributed by atoms with van der Waals surface area (Å²) in [4.78, 5) is 4.55. The lowest BCUT2D eigenvalue weighted by atomic mass is 10.00. The minimum absolute atomic E-state index is 0.273. The minimum atomic E-state index is 0.273. The van der Waals surface area contributed by atoms with Crippen molar-refractivity contribution in [2.24, 2.45) is 0 Å². The van der Waals surface area contributed by atoms with Crippen LogP contribution in [0.5, 0.6) is 0 Å². The van der Waals surface area contributed by atoms with E-state index in [4.69, 9.17) is 11.6 Å². The molecular weight excluding hydrogens is 300 g/mol. The van der Waals surface area contributed by atoms with Gasteiger partial charge in [-0.1, -0.05) is 30.7 Å². The van der Waals surface area contributed by atoms with E-state index in [2.05, 4.69) is 46.9 Å². The summed E-state index contributed by atoms with van der Waals surface area (Å²) in [5, 5.41) is 6.41. The van der Waals surface area contributed by atoms with Crippen LogP contribution in [0.1, 0.15) is 24.1 Å². The number of benzene rings is 1. The highest BCUT2D eigenvalue weighted by atomic mass is 35.5. The van der Waals surface area contributed by atoms with Crippen molar-refractivity contribution in [1.29, 1.82) is 0 Å². The molecule has 0 radical (unpaired) electrons. The lowest BCUT2D eigenvalue weighted by Crippen LogP contribution is -2.23. The summed E-state index contributed by atoms with van der Waals surface area (Å²) in [6.07, 6.45) is 2.92. The molecule has 1 N–H and O–H groups in total. The first-order valence-electron chi connectivity index (χ1n) is 7.07. The number of nitrogens with zero attached hydrogens (tertiary/aromatic N) is 1. The third-order valence-corrected chi connectivity index (χ3v) is 4.63. The fourth-order valence-electron chi connectivity index (χ4n) is 2.46. The first kappa shape index (κ1) is 14.5. The molecule has 0 fully saturated rings. The normalized spacial score (nSPS) is 12.7. The Morgan fingerprint density at radius 3 is 2.81 bits per heavy atom. The van der Waals surface area contributed by atoms with Gasteiger partial charge in [-0.3, -0.25) is 4.98 Å². The molecule has 108 valence electrons. The zero-order chi connectivity index (χ0) is 14.7. The van der Waals surface area contributed by atoms with Gasteiger partial charge in [-0.15, -0.1) is 11.3 Å². The lowest BCUT2D eigenvalue weighted by Gasteiger charge is -2.18. The van der Waals surface area contributed by atoms with Crippen LogP contribution in [0.2, 0.25) is 5.02 Å². The standard InChI is InChI=1S/C17H17ClN2S/c1-2-19-16(9-12-3-5-14(18)6-4-12)13-10-17-15(20-11-13)7-8-21-17/h3-8,10-11,16,19H,2,9H2,1H3. The molecule has 1 atom stereocenters. The molecule has 0 aliphatic heterocycles. The third kappa shape index (κ3) is 3.43. The molecule has 0 bridgehead atoms. The van der Waals surface area contributed by atoms with E-state index in [9.17, 15) is 0 Å². The average molecular weight is 317 g/mol. The molecule has 1 unspecified atom stereocenters. The molecule has 3 aromatic rings. The Balaban J connectivity index is 1.87. The van der Waals surface area contributed by atoms with Gasteiger partial charge in [-0.2, -0.15) is 0 Å². The maximum absolute atomic E-state index is 5.95. The second kappa shape index (κ2) is 6.56. The Bertz CT molecular complexity index is 721. The highest BCUT2D eigenvalue weighted by Crippen LogP contribution is 2.25. The highest BCUT2D eigenvalue weighted by molar-refractivity contribution is 7.17. The fraction of sp³-hybridized carbons (Fsp3) is 0.235. The van der Waals surface area contributed by atoms with Crippen LogP contribution in [-0.2, 0) is 6.42 Å². The summed E-state index contributed by atoms with van der Waals surface area (Å²) >= 11 is 7.69. The van der Waals surface area contributed by atoms with E-state index in [1.807, 2.05) is 18.3 Å². The van der Waals surface area contributed by atoms with E-state index in [1.165, 1.54) is 15.8 Å². The van der Waals surface area contributed by atoms with Gasteiger partial charge in [0.2, 0.25) is 0 Å². The van der Waals surface area contributed by atoms with Crippen molar-refractivity contribution < 1.29 is 0 Å². The van der Waals surface area contributed by atoms with Crippen molar-refractivity contribution in [1.82, 2.24) is 10.3 Å². The van der Waals surface area contributed by atoms with Crippen LogP contribution in [0.25, 0.3) is 10.2 Å². The molecule has 0 aliphatic rings. The predicted molar refractivity (Wildman–Crippen MR) is 91.2 cm³/mol. The summed E-state index contributed by atoms with van der Waals surface area (Å²) in [6, 6.07) is 12.6. The number of pyridine rings is 1. The molecular formula is C17H17ClN2S. The molecule has 0 amide bonds. The van der Waals surface area contributed by atoms with Crippen LogP contribution in [0.4, 0.5) is 0 Å². The van der Waals surface area contributed by atoms with Crippen molar-refractivity contribution in [3.63, 3.8) is 0 Å². The zero-order valence-corrected chi connectivity index (χ0v) is 13.4. The van der Waals surface area contributed by atoms with Crippen molar-refractivity contribution in [2.75, 3.05) is 6.54 Å². The molecule has 0 aliphatic carbocycles. The Kier molecular flexibility index (Phi) is 4.54. The van der Waals surface area contributed by atoms with E-state index in [0.717, 1.165) is 23.5 Å². The van der Waals surface area contributed by atoms with Gasteiger partial charge in [-0.05, 0) is 53.7 Å². The Labute approximate surface area is 133 Å². The molecule has 0 saturated heterocycles. The number of likely N-dealkylation sites (N-methyl/N-ethyl adjacent to an activating group) is 1. The van der Waals surface area contributed by atoms with Crippen LogP contribution in [-0.4, -0.2) is 11.5 Å². The number of nitrogens with one attached hydrogen (secondary N) is 1. The maximum Gasteiger partial charge on any atom is 0.0809 e. The van der Waals surface area contributed by atoms with Crippen molar-refractivity contribution in [3.05, 3.63) is 64.1 Å². The van der Waals surface area contributed by atoms with E-state index in [-0.39, 0.29) is 6.04 Å². The smallest absolute Gasteiger partial charge is 0.0809 e. The molecule has 1 aromatic carbocycles. The topological polar surface area (TPSA) is 24.9 Å². The van der Waals surface area contributed by atoms with Crippen LogP contribution in [0.15, 0.2) is 48.0 Å². The molecule has 21 heavy (non-hydrogen) atoms. The van der Waals surface area contributed by atoms with Gasteiger partial charge < -0.3 is 5.32 Å². The Hall–Kier alpha value is -1.42. The molecule has 4 heteroatoms. The summed E-state index contributed by atoms with van der Waals surface area (Å²) < 4.78 is 1.24. The number of rotatable bonds is 5. The van der Waals surface area contributed by atoms with Crippen LogP contribution < -0.4 is 5.32 Å². The summed E-state index contributed by atoms with van der Waals surface area (Å²) in [6.45, 7) is 3.06. The molecule has 2 nitrogen and oxygen atoms in total. The van der Waals surface area contributed by atoms with Gasteiger partial charge in [0.25, 0.3) is 0 Å². The third-order valence-electron chi connectivity index (χ3n) is 3.53. The number of halogens is 1. The summed E-state index contributed by atoms with van der Waals surface area (Å²) in [7, 11) is 0. The van der Waals surface area contributed by atoms with Gasteiger partial charge in [0.1, 0.15) is 0 Å². The minimum Gasteiger partial charge on any atom is -0.310 e. The predicted octanol–water partition coefficient (Wildman–Crippen LogP) is 4.84. The fourth-order valence-corrected chi connectivity index (χ4v) is 3.38. The number of hydrogen-bond acceptors (Lipinski definition) is 3. The van der Waals surface area contributed by atoms with E-state index >= 15 is 0 Å². The molecule has 2 heterocycles. The number of thiophene rings is 1. The second-order valence-corrected chi connectivity index (χ2v) is 6.40. The van der Waals surface area contributed by atoms with E-state index in [0.29, 0.717) is 0 Å². The quantitative estimate of drug-likeness (QED) is 0.728. The van der Waals surface area contributed by atoms with Gasteiger partial charge in [-0.25, -0.2) is 0 Å². The van der Waals surface area contributed by atoms with Crippen LogP contribution in [0, 0.1) is 0 Å². The highest BCUT2D eigenvalue weighted by Gasteiger charge is 2.12. The van der Waals surface area contributed by atoms with Crippen molar-refractivity contribution in [3.8, 4) is 0 Å². The first-order valence-corrected chi connectivity index (χ1v) is 8.33. The summed E-state index contributed by atoms with van der Waals surface area (Å²) in [5.41, 5.74) is 3.59. The van der Waals surface area contributed by atoms with Gasteiger partial charge in [0.05, 0.1) is 10.2 Å². The Morgan fingerprint density at radius 1 is 1.24 bits per heavy atom. The van der Waals surface area contributed by atoms with Crippen LogP contribution >= 0.6 is 22.9 Å². The first-order chi connectivity index (χ1) is 10.3. The van der Waals surface area contributed by atoms with Crippen LogP contribution in [0.3, 0.4) is 0 Å². The monoisotopic (exact) mass is 316 g/mol. The molecule has 0 spiro atoms. The molecule has 2 aromatic heterocycles. The Morgan fingerprint density at radius 2 is 2.05 bits per heavy atom. The zero-order valence-electron chi connectivity index (χ0n) is 11.8. The SMILES string of the molecule is CCNC(Cc1ccc(Cl)cc1)c1cnc2ccsc2c1. The molecule has 3 rings (SSSR count). The number of hydrogen-bond donors (Lipinski definition) is 1. The lowest BCUT2D eigenvalue weighted by molar-refractivity contribution is 0.549. The second-order valence-electron chi connectivity index (χ2n) is 5.01. The van der Waals surface area contributed by atoms with Gasteiger partial charge in [0.15, 0.2) is 0 Å². The van der Waals surface area contributed by atoms with Gasteiger partial charge >= 0.3 is 0 Å². The van der Waals surface area contributed by atoms with Crippen molar-refractivity contribution in [2.45, 2.75) is 19.4 Å². The van der Waals surface area contributed by atoms with E-state index < -0.39 is 0 Å². The largest absolute Gasteiger partial charge is 0.310 e. The number of fused-ring (bicyclic) bond motifs is 1. The van der Waals surface area contributed by atoms with Gasteiger partial charge in [0, 0.05) is 17.3 Å². The number of aromatic nitrogens is 1.